The first-order valence-corrected chi connectivity index (χ1v) is 6.74. The normalized spacial score (nSPS) is 9.86. The minimum absolute atomic E-state index is 0.145. The van der Waals surface area contributed by atoms with E-state index in [1.165, 1.54) is 31.4 Å². The van der Waals surface area contributed by atoms with Crippen molar-refractivity contribution in [2.24, 2.45) is 0 Å². The van der Waals surface area contributed by atoms with Gasteiger partial charge in [0.15, 0.2) is 0 Å². The second kappa shape index (κ2) is 7.83. The van der Waals surface area contributed by atoms with E-state index in [1.807, 2.05) is 30.3 Å². The highest BCUT2D eigenvalue weighted by Gasteiger charge is 2.09. The van der Waals surface area contributed by atoms with Crippen molar-refractivity contribution in [1.82, 2.24) is 0 Å². The molecule has 0 atom stereocenters. The van der Waals surface area contributed by atoms with Crippen LogP contribution in [-0.2, 0) is 9.47 Å². The molecule has 2 rings (SSSR count). The van der Waals surface area contributed by atoms with Crippen LogP contribution in [-0.4, -0.2) is 32.3 Å². The van der Waals surface area contributed by atoms with Crippen LogP contribution in [0.15, 0.2) is 54.6 Å². The van der Waals surface area contributed by atoms with E-state index >= 15 is 0 Å². The van der Waals surface area contributed by atoms with Crippen molar-refractivity contribution < 1.29 is 23.8 Å². The first-order chi connectivity index (χ1) is 10.7. The minimum Gasteiger partial charge on any atom is -0.490 e. The monoisotopic (exact) mass is 300 g/mol. The van der Waals surface area contributed by atoms with Gasteiger partial charge in [0.2, 0.25) is 0 Å². The van der Waals surface area contributed by atoms with Gasteiger partial charge in [0.05, 0.1) is 18.2 Å². The first kappa shape index (κ1) is 15.6. The summed E-state index contributed by atoms with van der Waals surface area (Å²) >= 11 is 0. The molecule has 22 heavy (non-hydrogen) atoms. The molecule has 114 valence electrons. The van der Waals surface area contributed by atoms with Gasteiger partial charge in [0.1, 0.15) is 19.0 Å². The number of ether oxygens (including phenoxy) is 3. The van der Waals surface area contributed by atoms with Crippen LogP contribution < -0.4 is 4.74 Å². The fourth-order valence-corrected chi connectivity index (χ4v) is 1.75. The molecule has 0 N–H and O–H groups in total. The van der Waals surface area contributed by atoms with Crippen molar-refractivity contribution in [3.63, 3.8) is 0 Å². The number of benzene rings is 2. The molecule has 0 aromatic heterocycles. The minimum atomic E-state index is -0.465. The van der Waals surface area contributed by atoms with E-state index < -0.39 is 11.9 Å². The highest BCUT2D eigenvalue weighted by molar-refractivity contribution is 5.93. The van der Waals surface area contributed by atoms with E-state index in [0.29, 0.717) is 11.1 Å². The van der Waals surface area contributed by atoms with Crippen molar-refractivity contribution in [3.8, 4) is 5.75 Å². The van der Waals surface area contributed by atoms with Gasteiger partial charge in [-0.1, -0.05) is 18.2 Å². The summed E-state index contributed by atoms with van der Waals surface area (Å²) < 4.78 is 15.1. The van der Waals surface area contributed by atoms with Crippen LogP contribution in [0.25, 0.3) is 0 Å². The molecule has 5 heteroatoms. The number of para-hydroxylation sites is 1. The highest BCUT2D eigenvalue weighted by atomic mass is 16.6. The lowest BCUT2D eigenvalue weighted by atomic mass is 10.1. The molecule has 0 amide bonds. The third-order valence-corrected chi connectivity index (χ3v) is 2.87. The Labute approximate surface area is 128 Å². The predicted molar refractivity (Wildman–Crippen MR) is 80.0 cm³/mol. The van der Waals surface area contributed by atoms with Crippen molar-refractivity contribution in [3.05, 3.63) is 65.7 Å². The van der Waals surface area contributed by atoms with E-state index in [9.17, 15) is 9.59 Å². The molecule has 0 saturated carbocycles. The largest absolute Gasteiger partial charge is 0.490 e. The van der Waals surface area contributed by atoms with Crippen LogP contribution in [0.5, 0.6) is 5.75 Å². The van der Waals surface area contributed by atoms with E-state index in [4.69, 9.17) is 9.47 Å². The molecular formula is C17H16O5. The van der Waals surface area contributed by atoms with Gasteiger partial charge in [0.25, 0.3) is 0 Å². The van der Waals surface area contributed by atoms with E-state index in [2.05, 4.69) is 4.74 Å². The summed E-state index contributed by atoms with van der Waals surface area (Å²) in [4.78, 5) is 23.1. The van der Waals surface area contributed by atoms with Crippen LogP contribution in [0.3, 0.4) is 0 Å². The summed E-state index contributed by atoms with van der Waals surface area (Å²) in [5, 5.41) is 0. The van der Waals surface area contributed by atoms with Gasteiger partial charge in [-0.2, -0.15) is 0 Å². The van der Waals surface area contributed by atoms with Crippen LogP contribution in [0.1, 0.15) is 20.7 Å². The second-order valence-corrected chi connectivity index (χ2v) is 4.37. The van der Waals surface area contributed by atoms with Gasteiger partial charge in [-0.3, -0.25) is 0 Å². The quantitative estimate of drug-likeness (QED) is 0.606. The number of carbonyl (C=O) groups excluding carboxylic acids is 2. The molecule has 0 unspecified atom stereocenters. The molecule has 5 nitrogen and oxygen atoms in total. The highest BCUT2D eigenvalue weighted by Crippen LogP contribution is 2.09. The molecule has 0 aliphatic rings. The summed E-state index contributed by atoms with van der Waals surface area (Å²) in [6, 6.07) is 15.4. The zero-order valence-corrected chi connectivity index (χ0v) is 12.2. The summed E-state index contributed by atoms with van der Waals surface area (Å²) in [6.07, 6.45) is 0. The molecule has 0 spiro atoms. The summed E-state index contributed by atoms with van der Waals surface area (Å²) in [5.41, 5.74) is 0.749. The maximum atomic E-state index is 11.8. The molecule has 2 aromatic carbocycles. The second-order valence-electron chi connectivity index (χ2n) is 4.37. The van der Waals surface area contributed by atoms with Gasteiger partial charge in [-0.25, -0.2) is 9.59 Å². The zero-order chi connectivity index (χ0) is 15.8. The summed E-state index contributed by atoms with van der Waals surface area (Å²) in [7, 11) is 1.30. The van der Waals surface area contributed by atoms with Crippen LogP contribution in [0, 0.1) is 0 Å². The lowest BCUT2D eigenvalue weighted by Gasteiger charge is -2.07. The number of esters is 2. The molecule has 0 aliphatic carbocycles. The third-order valence-electron chi connectivity index (χ3n) is 2.87. The van der Waals surface area contributed by atoms with Gasteiger partial charge in [-0.05, 0) is 36.4 Å². The Kier molecular flexibility index (Phi) is 5.54. The van der Waals surface area contributed by atoms with Crippen molar-refractivity contribution in [1.29, 1.82) is 0 Å². The van der Waals surface area contributed by atoms with Gasteiger partial charge >= 0.3 is 11.9 Å². The molecule has 0 bridgehead atoms. The average molecular weight is 300 g/mol. The topological polar surface area (TPSA) is 61.8 Å². The van der Waals surface area contributed by atoms with Crippen molar-refractivity contribution >= 4 is 11.9 Å². The Hall–Kier alpha value is -2.82. The van der Waals surface area contributed by atoms with Crippen LogP contribution in [0.4, 0.5) is 0 Å². The Morgan fingerprint density at radius 3 is 2.00 bits per heavy atom. The maximum Gasteiger partial charge on any atom is 0.338 e. The van der Waals surface area contributed by atoms with Crippen LogP contribution in [0.2, 0.25) is 0 Å². The third kappa shape index (κ3) is 4.34. The molecular weight excluding hydrogens is 284 g/mol. The lowest BCUT2D eigenvalue weighted by Crippen LogP contribution is -2.12. The molecule has 0 radical (unpaired) electrons. The van der Waals surface area contributed by atoms with Crippen molar-refractivity contribution in [2.75, 3.05) is 20.3 Å². The molecule has 0 saturated heterocycles. The number of hydrogen-bond acceptors (Lipinski definition) is 5. The van der Waals surface area contributed by atoms with E-state index in [1.54, 1.807) is 0 Å². The first-order valence-electron chi connectivity index (χ1n) is 6.74. The standard InChI is InChI=1S/C17H16O5/c1-20-16(18)13-7-9-14(10-8-13)17(19)22-12-11-21-15-5-3-2-4-6-15/h2-10H,11-12H2,1H3. The number of rotatable bonds is 6. The van der Waals surface area contributed by atoms with Gasteiger partial charge < -0.3 is 14.2 Å². The fraction of sp³-hybridized carbons (Fsp3) is 0.176. The Morgan fingerprint density at radius 1 is 0.818 bits per heavy atom. The SMILES string of the molecule is COC(=O)c1ccc(C(=O)OCCOc2ccccc2)cc1. The smallest absolute Gasteiger partial charge is 0.338 e. The molecule has 2 aromatic rings. The summed E-state index contributed by atoms with van der Waals surface area (Å²) in [5.74, 6) is -0.190. The van der Waals surface area contributed by atoms with E-state index in [0.717, 1.165) is 5.75 Å². The van der Waals surface area contributed by atoms with Crippen LogP contribution >= 0.6 is 0 Å². The average Bonchev–Trinajstić information content (AvgIpc) is 2.59. The number of methoxy groups -OCH3 is 1. The summed E-state index contributed by atoms with van der Waals surface area (Å²) in [6.45, 7) is 0.419. The Morgan fingerprint density at radius 2 is 1.41 bits per heavy atom. The maximum absolute atomic E-state index is 11.8. The molecule has 0 fully saturated rings. The fourth-order valence-electron chi connectivity index (χ4n) is 1.75. The molecule has 0 heterocycles. The lowest BCUT2D eigenvalue weighted by molar-refractivity contribution is 0.0449. The van der Waals surface area contributed by atoms with Crippen molar-refractivity contribution in [2.45, 2.75) is 0 Å². The zero-order valence-electron chi connectivity index (χ0n) is 12.2. The van der Waals surface area contributed by atoms with Gasteiger partial charge in [0, 0.05) is 0 Å². The van der Waals surface area contributed by atoms with E-state index in [-0.39, 0.29) is 13.2 Å². The molecule has 0 aliphatic heterocycles. The Bertz CT molecular complexity index is 619. The van der Waals surface area contributed by atoms with Gasteiger partial charge in [-0.15, -0.1) is 0 Å². The Balaban J connectivity index is 1.78. The number of hydrogen-bond donors (Lipinski definition) is 0. The predicted octanol–water partition coefficient (Wildman–Crippen LogP) is 2.71. The number of carbonyl (C=O) groups is 2.